The number of nitrogens with two attached hydrogens (primary N) is 3. The van der Waals surface area contributed by atoms with Gasteiger partial charge in [0, 0.05) is 4.90 Å². The number of amides is 1. The van der Waals surface area contributed by atoms with Crippen LogP contribution in [-0.4, -0.2) is 5.91 Å². The van der Waals surface area contributed by atoms with E-state index in [-0.39, 0.29) is 11.3 Å². The Kier molecular flexibility index (Phi) is 2.14. The largest absolute Gasteiger partial charge is 0.397 e. The molecule has 1 aromatic rings. The van der Waals surface area contributed by atoms with Gasteiger partial charge in [0.15, 0.2) is 0 Å². The number of nitrogen functional groups attached to an aromatic ring is 2. The van der Waals surface area contributed by atoms with Crippen molar-refractivity contribution in [3.05, 3.63) is 17.7 Å². The standard InChI is InChI=1S/C7H9N3OS/c8-3-1-2-4(12)5(6(3)9)7(10)11/h1-2,12H,8-9H2,(H2,10,11). The average molecular weight is 183 g/mol. The minimum absolute atomic E-state index is 0.179. The molecule has 0 radical (unpaired) electrons. The summed E-state index contributed by atoms with van der Waals surface area (Å²) < 4.78 is 0. The predicted molar refractivity (Wildman–Crippen MR) is 51.0 cm³/mol. The topological polar surface area (TPSA) is 95.1 Å². The van der Waals surface area contributed by atoms with Gasteiger partial charge in [-0.2, -0.15) is 0 Å². The van der Waals surface area contributed by atoms with Crippen LogP contribution < -0.4 is 17.2 Å². The van der Waals surface area contributed by atoms with Crippen LogP contribution in [0.3, 0.4) is 0 Å². The maximum Gasteiger partial charge on any atom is 0.252 e. The van der Waals surface area contributed by atoms with Crippen LogP contribution in [0.1, 0.15) is 10.4 Å². The number of anilines is 2. The third kappa shape index (κ3) is 1.31. The first-order valence-electron chi connectivity index (χ1n) is 3.20. The summed E-state index contributed by atoms with van der Waals surface area (Å²) in [6.45, 7) is 0. The van der Waals surface area contributed by atoms with Crippen LogP contribution in [0, 0.1) is 0 Å². The molecule has 6 N–H and O–H groups in total. The average Bonchev–Trinajstić information content (AvgIpc) is 1.97. The maximum absolute atomic E-state index is 10.8. The highest BCUT2D eigenvalue weighted by atomic mass is 32.1. The van der Waals surface area contributed by atoms with E-state index >= 15 is 0 Å². The van der Waals surface area contributed by atoms with Gasteiger partial charge >= 0.3 is 0 Å². The lowest BCUT2D eigenvalue weighted by Gasteiger charge is -2.06. The normalized spacial score (nSPS) is 9.75. The number of carbonyl (C=O) groups is 1. The van der Waals surface area contributed by atoms with Gasteiger partial charge in [-0.15, -0.1) is 12.6 Å². The molecular weight excluding hydrogens is 174 g/mol. The summed E-state index contributed by atoms with van der Waals surface area (Å²) in [4.78, 5) is 11.3. The van der Waals surface area contributed by atoms with Crippen LogP contribution in [0.4, 0.5) is 11.4 Å². The molecular formula is C7H9N3OS. The minimum Gasteiger partial charge on any atom is -0.397 e. The SMILES string of the molecule is NC(=O)c1c(S)ccc(N)c1N. The molecule has 0 bridgehead atoms. The first-order chi connectivity index (χ1) is 5.54. The molecule has 12 heavy (non-hydrogen) atoms. The molecule has 0 saturated heterocycles. The van der Waals surface area contributed by atoms with Crippen molar-refractivity contribution < 1.29 is 4.79 Å². The molecule has 0 aliphatic heterocycles. The van der Waals surface area contributed by atoms with E-state index in [1.54, 1.807) is 12.1 Å². The van der Waals surface area contributed by atoms with Crippen molar-refractivity contribution in [2.75, 3.05) is 11.5 Å². The summed E-state index contributed by atoms with van der Waals surface area (Å²) >= 11 is 4.02. The molecule has 0 spiro atoms. The van der Waals surface area contributed by atoms with Gasteiger partial charge in [-0.25, -0.2) is 0 Å². The maximum atomic E-state index is 10.8. The summed E-state index contributed by atoms with van der Waals surface area (Å²) in [7, 11) is 0. The number of hydrogen-bond donors (Lipinski definition) is 4. The van der Waals surface area contributed by atoms with E-state index < -0.39 is 5.91 Å². The van der Waals surface area contributed by atoms with Crippen LogP contribution in [0.15, 0.2) is 17.0 Å². The van der Waals surface area contributed by atoms with E-state index in [9.17, 15) is 4.79 Å². The number of primary amides is 1. The van der Waals surface area contributed by atoms with Crippen LogP contribution in [0.5, 0.6) is 0 Å². The first-order valence-corrected chi connectivity index (χ1v) is 3.65. The third-order valence-electron chi connectivity index (χ3n) is 1.50. The molecule has 5 heteroatoms. The van der Waals surface area contributed by atoms with Crippen LogP contribution in [0.2, 0.25) is 0 Å². The molecule has 1 rings (SSSR count). The zero-order valence-corrected chi connectivity index (χ0v) is 7.14. The molecule has 0 saturated carbocycles. The molecule has 0 atom stereocenters. The summed E-state index contributed by atoms with van der Waals surface area (Å²) in [5, 5.41) is 0. The van der Waals surface area contributed by atoms with Gasteiger partial charge in [-0.1, -0.05) is 0 Å². The molecule has 1 aromatic carbocycles. The first kappa shape index (κ1) is 8.73. The predicted octanol–water partition coefficient (Wildman–Crippen LogP) is 0.239. The van der Waals surface area contributed by atoms with Gasteiger partial charge in [0.05, 0.1) is 16.9 Å². The highest BCUT2D eigenvalue weighted by Gasteiger charge is 2.11. The van der Waals surface area contributed by atoms with E-state index in [0.717, 1.165) is 0 Å². The van der Waals surface area contributed by atoms with Crippen molar-refractivity contribution in [3.8, 4) is 0 Å². The zero-order chi connectivity index (χ0) is 9.30. The fourth-order valence-electron chi connectivity index (χ4n) is 0.883. The second-order valence-corrected chi connectivity index (χ2v) is 2.81. The van der Waals surface area contributed by atoms with Crippen molar-refractivity contribution in [3.63, 3.8) is 0 Å². The van der Waals surface area contributed by atoms with E-state index in [0.29, 0.717) is 10.6 Å². The Hall–Kier alpha value is -1.36. The van der Waals surface area contributed by atoms with Crippen molar-refractivity contribution >= 4 is 29.9 Å². The molecule has 0 heterocycles. The Balaban J connectivity index is 3.43. The zero-order valence-electron chi connectivity index (χ0n) is 6.24. The van der Waals surface area contributed by atoms with Crippen molar-refractivity contribution in [2.24, 2.45) is 5.73 Å². The van der Waals surface area contributed by atoms with E-state index in [1.165, 1.54) is 0 Å². The van der Waals surface area contributed by atoms with Gasteiger partial charge in [-0.3, -0.25) is 4.79 Å². The highest BCUT2D eigenvalue weighted by molar-refractivity contribution is 7.80. The van der Waals surface area contributed by atoms with Crippen LogP contribution in [-0.2, 0) is 0 Å². The third-order valence-corrected chi connectivity index (χ3v) is 1.88. The lowest BCUT2D eigenvalue weighted by atomic mass is 10.1. The molecule has 64 valence electrons. The molecule has 1 amide bonds. The summed E-state index contributed by atoms with van der Waals surface area (Å²) in [5.74, 6) is -0.621. The van der Waals surface area contributed by atoms with Crippen molar-refractivity contribution in [1.29, 1.82) is 0 Å². The van der Waals surface area contributed by atoms with Crippen molar-refractivity contribution in [2.45, 2.75) is 4.90 Å². The summed E-state index contributed by atoms with van der Waals surface area (Å²) in [6, 6.07) is 3.15. The number of thiol groups is 1. The molecule has 0 unspecified atom stereocenters. The lowest BCUT2D eigenvalue weighted by Crippen LogP contribution is -2.15. The Bertz CT molecular complexity index is 338. The van der Waals surface area contributed by atoms with Gasteiger partial charge in [0.1, 0.15) is 0 Å². The van der Waals surface area contributed by atoms with Crippen molar-refractivity contribution in [1.82, 2.24) is 0 Å². The van der Waals surface area contributed by atoms with Crippen LogP contribution in [0.25, 0.3) is 0 Å². The quantitative estimate of drug-likeness (QED) is 0.371. The van der Waals surface area contributed by atoms with E-state index in [1.807, 2.05) is 0 Å². The van der Waals surface area contributed by atoms with Gasteiger partial charge < -0.3 is 17.2 Å². The monoisotopic (exact) mass is 183 g/mol. The highest BCUT2D eigenvalue weighted by Crippen LogP contribution is 2.25. The molecule has 0 fully saturated rings. The molecule has 0 aliphatic carbocycles. The fourth-order valence-corrected chi connectivity index (χ4v) is 1.19. The van der Waals surface area contributed by atoms with E-state index in [2.05, 4.69) is 12.6 Å². The van der Waals surface area contributed by atoms with Crippen LogP contribution >= 0.6 is 12.6 Å². The molecule has 4 nitrogen and oxygen atoms in total. The Morgan fingerprint density at radius 1 is 1.33 bits per heavy atom. The summed E-state index contributed by atoms with van der Waals surface area (Å²) in [5.41, 5.74) is 16.7. The number of benzene rings is 1. The number of hydrogen-bond acceptors (Lipinski definition) is 4. The number of carbonyl (C=O) groups excluding carboxylic acids is 1. The molecule has 0 aromatic heterocycles. The Morgan fingerprint density at radius 2 is 1.92 bits per heavy atom. The fraction of sp³-hybridized carbons (Fsp3) is 0. The van der Waals surface area contributed by atoms with Gasteiger partial charge in [-0.05, 0) is 12.1 Å². The Labute approximate surface area is 75.1 Å². The van der Waals surface area contributed by atoms with Gasteiger partial charge in [0.25, 0.3) is 5.91 Å². The minimum atomic E-state index is -0.621. The second-order valence-electron chi connectivity index (χ2n) is 2.33. The van der Waals surface area contributed by atoms with E-state index in [4.69, 9.17) is 17.2 Å². The van der Waals surface area contributed by atoms with Gasteiger partial charge in [0.2, 0.25) is 0 Å². The lowest BCUT2D eigenvalue weighted by molar-refractivity contribution is 0.0998. The smallest absolute Gasteiger partial charge is 0.252 e. The Morgan fingerprint density at radius 3 is 2.33 bits per heavy atom. The summed E-state index contributed by atoms with van der Waals surface area (Å²) in [6.07, 6.45) is 0. The molecule has 0 aliphatic rings. The number of rotatable bonds is 1. The second kappa shape index (κ2) is 2.94.